The molecule has 0 saturated carbocycles. The lowest BCUT2D eigenvalue weighted by atomic mass is 10.3. The van der Waals surface area contributed by atoms with Crippen LogP contribution in [0, 0.1) is 10.1 Å². The molecule has 0 aliphatic carbocycles. The molecule has 0 aliphatic rings. The summed E-state index contributed by atoms with van der Waals surface area (Å²) >= 11 is 0. The van der Waals surface area contributed by atoms with E-state index in [4.69, 9.17) is 9.47 Å². The van der Waals surface area contributed by atoms with Crippen LogP contribution in [0.5, 0.6) is 11.8 Å². The monoisotopic (exact) mass is 276 g/mol. The van der Waals surface area contributed by atoms with Crippen LogP contribution in [0.15, 0.2) is 30.3 Å². The molecule has 0 atom stereocenters. The topological polar surface area (TPSA) is 99.4 Å². The quantitative estimate of drug-likeness (QED) is 0.659. The van der Waals surface area contributed by atoms with Gasteiger partial charge in [0.2, 0.25) is 17.7 Å². The molecule has 1 aromatic carbocycles. The van der Waals surface area contributed by atoms with Crippen molar-refractivity contribution >= 4 is 17.3 Å². The van der Waals surface area contributed by atoms with Gasteiger partial charge in [-0.3, -0.25) is 10.1 Å². The first kappa shape index (κ1) is 13.5. The van der Waals surface area contributed by atoms with Crippen molar-refractivity contribution in [1.82, 2.24) is 9.97 Å². The molecule has 20 heavy (non-hydrogen) atoms. The summed E-state index contributed by atoms with van der Waals surface area (Å²) in [6.45, 7) is 0. The summed E-state index contributed by atoms with van der Waals surface area (Å²) < 4.78 is 10.1. The number of ether oxygens (including phenoxy) is 2. The fourth-order valence-corrected chi connectivity index (χ4v) is 1.46. The molecule has 0 bridgehead atoms. The number of non-ortho nitro benzene ring substituents is 1. The van der Waals surface area contributed by atoms with Crippen LogP contribution in [0.2, 0.25) is 0 Å². The highest BCUT2D eigenvalue weighted by atomic mass is 16.6. The van der Waals surface area contributed by atoms with Crippen molar-refractivity contribution in [1.29, 1.82) is 0 Å². The number of nitrogens with one attached hydrogen (secondary N) is 1. The van der Waals surface area contributed by atoms with Gasteiger partial charge in [0.25, 0.3) is 5.69 Å². The standard InChI is InChI=1S/C12H12N4O4/c1-19-10-7-11(20-2)15-12(14-10)13-8-3-5-9(6-4-8)16(17)18/h3-7H,1-2H3,(H,13,14,15). The maximum Gasteiger partial charge on any atom is 0.269 e. The molecule has 0 spiro atoms. The number of methoxy groups -OCH3 is 2. The third-order valence-electron chi connectivity index (χ3n) is 2.43. The van der Waals surface area contributed by atoms with Crippen LogP contribution in [0.4, 0.5) is 17.3 Å². The molecular weight excluding hydrogens is 264 g/mol. The largest absolute Gasteiger partial charge is 0.481 e. The molecule has 104 valence electrons. The Labute approximate surface area is 114 Å². The average molecular weight is 276 g/mol. The molecule has 2 aromatic rings. The Balaban J connectivity index is 2.22. The Morgan fingerprint density at radius 2 is 1.65 bits per heavy atom. The second kappa shape index (κ2) is 5.83. The van der Waals surface area contributed by atoms with Crippen molar-refractivity contribution in [3.05, 3.63) is 40.4 Å². The lowest BCUT2D eigenvalue weighted by Gasteiger charge is -2.08. The van der Waals surface area contributed by atoms with Gasteiger partial charge >= 0.3 is 0 Å². The van der Waals surface area contributed by atoms with E-state index in [1.807, 2.05) is 0 Å². The Bertz CT molecular complexity index is 593. The number of nitro groups is 1. The fraction of sp³-hybridized carbons (Fsp3) is 0.167. The van der Waals surface area contributed by atoms with Crippen molar-refractivity contribution in [2.75, 3.05) is 19.5 Å². The van der Waals surface area contributed by atoms with Crippen LogP contribution in [0.25, 0.3) is 0 Å². The third kappa shape index (κ3) is 3.10. The SMILES string of the molecule is COc1cc(OC)nc(Nc2ccc([N+](=O)[O-])cc2)n1. The zero-order chi connectivity index (χ0) is 14.5. The highest BCUT2D eigenvalue weighted by Crippen LogP contribution is 2.22. The number of nitro benzene ring substituents is 1. The summed E-state index contributed by atoms with van der Waals surface area (Å²) in [6.07, 6.45) is 0. The smallest absolute Gasteiger partial charge is 0.269 e. The van der Waals surface area contributed by atoms with Crippen molar-refractivity contribution in [3.63, 3.8) is 0 Å². The summed E-state index contributed by atoms with van der Waals surface area (Å²) in [5, 5.41) is 13.5. The molecule has 8 nitrogen and oxygen atoms in total. The highest BCUT2D eigenvalue weighted by Gasteiger charge is 2.07. The van der Waals surface area contributed by atoms with Crippen molar-refractivity contribution in [3.8, 4) is 11.8 Å². The van der Waals surface area contributed by atoms with Crippen LogP contribution in [0.1, 0.15) is 0 Å². The minimum Gasteiger partial charge on any atom is -0.481 e. The molecule has 0 saturated heterocycles. The summed E-state index contributed by atoms with van der Waals surface area (Å²) in [6, 6.07) is 7.45. The number of nitrogens with zero attached hydrogens (tertiary/aromatic N) is 3. The maximum atomic E-state index is 10.6. The van der Waals surface area contributed by atoms with E-state index >= 15 is 0 Å². The number of hydrogen-bond donors (Lipinski definition) is 1. The molecule has 0 radical (unpaired) electrons. The van der Waals surface area contributed by atoms with Crippen LogP contribution < -0.4 is 14.8 Å². The van der Waals surface area contributed by atoms with Gasteiger partial charge in [0, 0.05) is 17.8 Å². The predicted octanol–water partition coefficient (Wildman–Crippen LogP) is 2.15. The maximum absolute atomic E-state index is 10.6. The van der Waals surface area contributed by atoms with Crippen LogP contribution in [-0.2, 0) is 0 Å². The summed E-state index contributed by atoms with van der Waals surface area (Å²) in [7, 11) is 2.97. The van der Waals surface area contributed by atoms with Gasteiger partial charge in [-0.05, 0) is 12.1 Å². The molecule has 1 aromatic heterocycles. The van der Waals surface area contributed by atoms with Crippen LogP contribution in [0.3, 0.4) is 0 Å². The second-order valence-electron chi connectivity index (χ2n) is 3.71. The Morgan fingerprint density at radius 1 is 1.10 bits per heavy atom. The van der Waals surface area contributed by atoms with Crippen LogP contribution >= 0.6 is 0 Å². The van der Waals surface area contributed by atoms with Crippen LogP contribution in [-0.4, -0.2) is 29.1 Å². The zero-order valence-electron chi connectivity index (χ0n) is 10.9. The molecule has 0 aliphatic heterocycles. The summed E-state index contributed by atoms with van der Waals surface area (Å²) in [5.41, 5.74) is 0.630. The van der Waals surface area contributed by atoms with Crippen molar-refractivity contribution < 1.29 is 14.4 Å². The van der Waals surface area contributed by atoms with E-state index in [0.29, 0.717) is 17.4 Å². The van der Waals surface area contributed by atoms with Gasteiger partial charge in [-0.25, -0.2) is 0 Å². The Morgan fingerprint density at radius 3 is 2.10 bits per heavy atom. The molecule has 1 N–H and O–H groups in total. The van der Waals surface area contributed by atoms with Gasteiger partial charge in [-0.1, -0.05) is 0 Å². The van der Waals surface area contributed by atoms with Gasteiger partial charge in [-0.2, -0.15) is 9.97 Å². The summed E-state index contributed by atoms with van der Waals surface area (Å²) in [4.78, 5) is 18.3. The molecule has 0 amide bonds. The molecule has 2 rings (SSSR count). The number of anilines is 2. The van der Waals surface area contributed by atoms with E-state index in [-0.39, 0.29) is 11.6 Å². The summed E-state index contributed by atoms with van der Waals surface area (Å²) in [5.74, 6) is 0.970. The number of rotatable bonds is 5. The van der Waals surface area contributed by atoms with Gasteiger partial charge < -0.3 is 14.8 Å². The van der Waals surface area contributed by atoms with E-state index in [1.54, 1.807) is 18.2 Å². The van der Waals surface area contributed by atoms with Gasteiger partial charge in [-0.15, -0.1) is 0 Å². The minimum atomic E-state index is -0.463. The Hall–Kier alpha value is -2.90. The second-order valence-corrected chi connectivity index (χ2v) is 3.71. The predicted molar refractivity (Wildman–Crippen MR) is 71.5 cm³/mol. The highest BCUT2D eigenvalue weighted by molar-refractivity contribution is 5.56. The van der Waals surface area contributed by atoms with E-state index in [1.165, 1.54) is 26.4 Å². The van der Waals surface area contributed by atoms with E-state index < -0.39 is 4.92 Å². The number of hydrogen-bond acceptors (Lipinski definition) is 7. The molecule has 0 unspecified atom stereocenters. The molecular formula is C12H12N4O4. The van der Waals surface area contributed by atoms with E-state index in [0.717, 1.165) is 0 Å². The first-order valence-corrected chi connectivity index (χ1v) is 5.61. The lowest BCUT2D eigenvalue weighted by Crippen LogP contribution is -2.01. The van der Waals surface area contributed by atoms with Gasteiger partial charge in [0.1, 0.15) is 0 Å². The average Bonchev–Trinajstić information content (AvgIpc) is 2.47. The van der Waals surface area contributed by atoms with Gasteiger partial charge in [0.15, 0.2) is 0 Å². The first-order chi connectivity index (χ1) is 9.62. The fourth-order valence-electron chi connectivity index (χ4n) is 1.46. The van der Waals surface area contributed by atoms with E-state index in [2.05, 4.69) is 15.3 Å². The van der Waals surface area contributed by atoms with Gasteiger partial charge in [0.05, 0.1) is 25.2 Å². The Kier molecular flexibility index (Phi) is 3.94. The van der Waals surface area contributed by atoms with Crippen molar-refractivity contribution in [2.24, 2.45) is 0 Å². The zero-order valence-corrected chi connectivity index (χ0v) is 10.9. The van der Waals surface area contributed by atoms with Crippen molar-refractivity contribution in [2.45, 2.75) is 0 Å². The number of benzene rings is 1. The minimum absolute atomic E-state index is 0.0136. The molecule has 8 heteroatoms. The number of aromatic nitrogens is 2. The molecule has 1 heterocycles. The normalized spacial score (nSPS) is 9.90. The lowest BCUT2D eigenvalue weighted by molar-refractivity contribution is -0.384. The van der Waals surface area contributed by atoms with E-state index in [9.17, 15) is 10.1 Å². The first-order valence-electron chi connectivity index (χ1n) is 5.61. The molecule has 0 fully saturated rings. The third-order valence-corrected chi connectivity index (χ3v) is 2.43.